The minimum Gasteiger partial charge on any atom is -0.384 e. The van der Waals surface area contributed by atoms with Crippen molar-refractivity contribution in [2.45, 2.75) is 44.1 Å². The first-order valence-electron chi connectivity index (χ1n) is 6.23. The van der Waals surface area contributed by atoms with Gasteiger partial charge in [-0.1, -0.05) is 25.7 Å². The SMILES string of the molecule is COCCS(=O)(=O)NCC1(N)CCCCCC1. The molecular formula is C11H24N2O3S. The van der Waals surface area contributed by atoms with Gasteiger partial charge in [0, 0.05) is 19.2 Å². The lowest BCUT2D eigenvalue weighted by molar-refractivity contribution is 0.216. The Balaban J connectivity index is 2.42. The van der Waals surface area contributed by atoms with Gasteiger partial charge in [0.25, 0.3) is 0 Å². The number of rotatable bonds is 6. The molecule has 0 aromatic carbocycles. The van der Waals surface area contributed by atoms with E-state index in [0.29, 0.717) is 6.54 Å². The van der Waals surface area contributed by atoms with E-state index in [1.807, 2.05) is 0 Å². The summed E-state index contributed by atoms with van der Waals surface area (Å²) in [7, 11) is -1.76. The lowest BCUT2D eigenvalue weighted by Crippen LogP contribution is -2.50. The Morgan fingerprint density at radius 1 is 1.24 bits per heavy atom. The van der Waals surface area contributed by atoms with Crippen LogP contribution in [-0.2, 0) is 14.8 Å². The number of hydrogen-bond donors (Lipinski definition) is 2. The third-order valence-electron chi connectivity index (χ3n) is 3.30. The van der Waals surface area contributed by atoms with E-state index in [-0.39, 0.29) is 17.9 Å². The monoisotopic (exact) mass is 264 g/mol. The molecule has 0 heterocycles. The first-order chi connectivity index (χ1) is 7.97. The number of hydrogen-bond acceptors (Lipinski definition) is 4. The predicted octanol–water partition coefficient (Wildman–Crippen LogP) is 0.604. The molecule has 1 aliphatic rings. The first kappa shape index (κ1) is 14.9. The van der Waals surface area contributed by atoms with Gasteiger partial charge >= 0.3 is 0 Å². The van der Waals surface area contributed by atoms with Crippen molar-refractivity contribution < 1.29 is 13.2 Å². The molecule has 1 aliphatic carbocycles. The van der Waals surface area contributed by atoms with Gasteiger partial charge in [-0.25, -0.2) is 13.1 Å². The fourth-order valence-electron chi connectivity index (χ4n) is 2.13. The highest BCUT2D eigenvalue weighted by molar-refractivity contribution is 7.89. The summed E-state index contributed by atoms with van der Waals surface area (Å²) in [6.07, 6.45) is 6.40. The van der Waals surface area contributed by atoms with Crippen LogP contribution in [-0.4, -0.2) is 40.0 Å². The molecule has 0 unspecified atom stereocenters. The Bertz CT molecular complexity index is 309. The number of ether oxygens (including phenoxy) is 1. The summed E-state index contributed by atoms with van der Waals surface area (Å²) in [4.78, 5) is 0. The zero-order valence-corrected chi connectivity index (χ0v) is 11.4. The number of nitrogens with one attached hydrogen (secondary N) is 1. The van der Waals surface area contributed by atoms with E-state index in [1.54, 1.807) is 0 Å². The van der Waals surface area contributed by atoms with Crippen molar-refractivity contribution in [2.24, 2.45) is 5.73 Å². The second-order valence-corrected chi connectivity index (χ2v) is 6.84. The summed E-state index contributed by atoms with van der Waals surface area (Å²) < 4.78 is 30.6. The molecule has 0 bridgehead atoms. The maximum atomic E-state index is 11.6. The van der Waals surface area contributed by atoms with Crippen molar-refractivity contribution in [1.29, 1.82) is 0 Å². The second kappa shape index (κ2) is 6.68. The average molecular weight is 264 g/mol. The Morgan fingerprint density at radius 3 is 2.35 bits per heavy atom. The molecule has 5 nitrogen and oxygen atoms in total. The Hall–Kier alpha value is -0.170. The molecule has 0 atom stereocenters. The molecule has 0 aromatic heterocycles. The third kappa shape index (κ3) is 5.81. The van der Waals surface area contributed by atoms with Crippen LogP contribution >= 0.6 is 0 Å². The molecule has 0 radical (unpaired) electrons. The molecule has 1 saturated carbocycles. The number of sulfonamides is 1. The molecule has 1 fully saturated rings. The van der Waals surface area contributed by atoms with Crippen molar-refractivity contribution in [3.63, 3.8) is 0 Å². The Labute approximate surface area is 104 Å². The van der Waals surface area contributed by atoms with E-state index >= 15 is 0 Å². The van der Waals surface area contributed by atoms with Crippen LogP contribution in [0.5, 0.6) is 0 Å². The molecule has 0 aliphatic heterocycles. The average Bonchev–Trinajstić information content (AvgIpc) is 2.50. The summed E-state index contributed by atoms with van der Waals surface area (Å²) in [5.74, 6) is -0.000417. The van der Waals surface area contributed by atoms with Crippen molar-refractivity contribution in [3.8, 4) is 0 Å². The van der Waals surface area contributed by atoms with Crippen LogP contribution in [0.15, 0.2) is 0 Å². The van der Waals surface area contributed by atoms with Crippen molar-refractivity contribution in [2.75, 3.05) is 26.0 Å². The van der Waals surface area contributed by atoms with Crippen LogP contribution in [0.1, 0.15) is 38.5 Å². The molecule has 17 heavy (non-hydrogen) atoms. The molecular weight excluding hydrogens is 240 g/mol. The van der Waals surface area contributed by atoms with Gasteiger partial charge in [-0.15, -0.1) is 0 Å². The smallest absolute Gasteiger partial charge is 0.213 e. The predicted molar refractivity (Wildman–Crippen MR) is 68.3 cm³/mol. The van der Waals surface area contributed by atoms with Crippen LogP contribution in [0.4, 0.5) is 0 Å². The molecule has 0 spiro atoms. The fraction of sp³-hybridized carbons (Fsp3) is 1.00. The van der Waals surface area contributed by atoms with Crippen LogP contribution in [0, 0.1) is 0 Å². The largest absolute Gasteiger partial charge is 0.384 e. The van der Waals surface area contributed by atoms with Crippen molar-refractivity contribution in [3.05, 3.63) is 0 Å². The number of methoxy groups -OCH3 is 1. The van der Waals surface area contributed by atoms with E-state index in [2.05, 4.69) is 4.72 Å². The second-order valence-electron chi connectivity index (χ2n) is 4.91. The summed E-state index contributed by atoms with van der Waals surface area (Å²) in [6.45, 7) is 0.561. The van der Waals surface area contributed by atoms with Crippen molar-refractivity contribution in [1.82, 2.24) is 4.72 Å². The van der Waals surface area contributed by atoms with Crippen LogP contribution in [0.3, 0.4) is 0 Å². The highest BCUT2D eigenvalue weighted by Gasteiger charge is 2.27. The quantitative estimate of drug-likeness (QED) is 0.689. The fourth-order valence-corrected chi connectivity index (χ4v) is 3.17. The molecule has 0 saturated heterocycles. The van der Waals surface area contributed by atoms with Crippen molar-refractivity contribution >= 4 is 10.0 Å². The van der Waals surface area contributed by atoms with Gasteiger partial charge in [0.1, 0.15) is 0 Å². The normalized spacial score (nSPS) is 21.1. The first-order valence-corrected chi connectivity index (χ1v) is 7.88. The Morgan fingerprint density at radius 2 is 1.82 bits per heavy atom. The number of nitrogens with two attached hydrogens (primary N) is 1. The Kier molecular flexibility index (Phi) is 5.85. The molecule has 0 aromatic rings. The summed E-state index contributed by atoms with van der Waals surface area (Å²) in [5, 5.41) is 0. The summed E-state index contributed by atoms with van der Waals surface area (Å²) >= 11 is 0. The lowest BCUT2D eigenvalue weighted by Gasteiger charge is -2.28. The van der Waals surface area contributed by atoms with Gasteiger partial charge in [0.2, 0.25) is 10.0 Å². The topological polar surface area (TPSA) is 81.4 Å². The van der Waals surface area contributed by atoms with Crippen LogP contribution in [0.2, 0.25) is 0 Å². The lowest BCUT2D eigenvalue weighted by atomic mass is 9.92. The van der Waals surface area contributed by atoms with Gasteiger partial charge in [0.05, 0.1) is 12.4 Å². The van der Waals surface area contributed by atoms with Gasteiger partial charge in [-0.2, -0.15) is 0 Å². The maximum absolute atomic E-state index is 11.6. The zero-order chi connectivity index (χ0) is 12.8. The highest BCUT2D eigenvalue weighted by atomic mass is 32.2. The van der Waals surface area contributed by atoms with Crippen LogP contribution < -0.4 is 10.5 Å². The maximum Gasteiger partial charge on any atom is 0.213 e. The van der Waals surface area contributed by atoms with Gasteiger partial charge in [0.15, 0.2) is 0 Å². The molecule has 102 valence electrons. The van der Waals surface area contributed by atoms with E-state index in [0.717, 1.165) is 25.7 Å². The summed E-state index contributed by atoms with van der Waals surface area (Å²) in [5.41, 5.74) is 5.87. The van der Waals surface area contributed by atoms with E-state index in [1.165, 1.54) is 20.0 Å². The minimum absolute atomic E-state index is 0.000417. The highest BCUT2D eigenvalue weighted by Crippen LogP contribution is 2.24. The molecule has 3 N–H and O–H groups in total. The zero-order valence-electron chi connectivity index (χ0n) is 10.6. The van der Waals surface area contributed by atoms with Gasteiger partial charge < -0.3 is 10.5 Å². The molecule has 6 heteroatoms. The third-order valence-corrected chi connectivity index (χ3v) is 4.59. The van der Waals surface area contributed by atoms with Gasteiger partial charge in [-0.05, 0) is 12.8 Å². The minimum atomic E-state index is -3.25. The molecule has 1 rings (SSSR count). The van der Waals surface area contributed by atoms with Crippen LogP contribution in [0.25, 0.3) is 0 Å². The van der Waals surface area contributed by atoms with E-state index < -0.39 is 10.0 Å². The van der Waals surface area contributed by atoms with Gasteiger partial charge in [-0.3, -0.25) is 0 Å². The molecule has 0 amide bonds. The summed E-state index contributed by atoms with van der Waals surface area (Å²) in [6, 6.07) is 0. The van der Waals surface area contributed by atoms with E-state index in [9.17, 15) is 8.42 Å². The van der Waals surface area contributed by atoms with E-state index in [4.69, 9.17) is 10.5 Å². The standard InChI is InChI=1S/C11H24N2O3S/c1-16-8-9-17(14,15)13-10-11(12)6-4-2-3-5-7-11/h13H,2-10,12H2,1H3.